The molecular formula is C19H8F3N3O2. The lowest BCUT2D eigenvalue weighted by Gasteiger charge is -2.08. The lowest BCUT2D eigenvalue weighted by atomic mass is 10.0. The highest BCUT2D eigenvalue weighted by molar-refractivity contribution is 6.30. The second-order valence-electron chi connectivity index (χ2n) is 5.82. The Morgan fingerprint density at radius 2 is 1.37 bits per heavy atom. The third-order valence-electron chi connectivity index (χ3n) is 4.22. The highest BCUT2D eigenvalue weighted by Gasteiger charge is 2.41. The Morgan fingerprint density at radius 1 is 0.815 bits per heavy atom. The van der Waals surface area contributed by atoms with E-state index in [1.807, 2.05) is 0 Å². The van der Waals surface area contributed by atoms with E-state index in [1.54, 1.807) is 18.2 Å². The average molecular weight is 367 g/mol. The van der Waals surface area contributed by atoms with Crippen LogP contribution in [0.4, 0.5) is 18.9 Å². The molecule has 2 heterocycles. The van der Waals surface area contributed by atoms with Crippen molar-refractivity contribution >= 4 is 28.9 Å². The van der Waals surface area contributed by atoms with Gasteiger partial charge in [-0.1, -0.05) is 18.2 Å². The predicted molar refractivity (Wildman–Crippen MR) is 89.1 cm³/mol. The Kier molecular flexibility index (Phi) is 3.59. The van der Waals surface area contributed by atoms with Crippen molar-refractivity contribution in [1.29, 1.82) is 0 Å². The van der Waals surface area contributed by atoms with E-state index in [1.165, 1.54) is 6.07 Å². The minimum atomic E-state index is -1.64. The molecule has 2 aliphatic rings. The number of rotatable bonds is 2. The summed E-state index contributed by atoms with van der Waals surface area (Å²) in [6.07, 6.45) is 0. The molecule has 2 aliphatic heterocycles. The molecule has 4 rings (SSSR count). The molecule has 0 saturated heterocycles. The first-order valence-corrected chi connectivity index (χ1v) is 7.65. The maximum absolute atomic E-state index is 13.6. The van der Waals surface area contributed by atoms with Crippen molar-refractivity contribution in [2.45, 2.75) is 0 Å². The number of nitrogens with zero attached hydrogens (tertiary/aromatic N) is 1. The fraction of sp³-hybridized carbons (Fsp3) is 0. The summed E-state index contributed by atoms with van der Waals surface area (Å²) in [5, 5.41) is 4.96. The highest BCUT2D eigenvalue weighted by Crippen LogP contribution is 2.38. The van der Waals surface area contributed by atoms with Crippen molar-refractivity contribution in [3.8, 4) is 0 Å². The average Bonchev–Trinajstić information content (AvgIpc) is 3.18. The van der Waals surface area contributed by atoms with Gasteiger partial charge in [0.25, 0.3) is 11.8 Å². The molecule has 0 aliphatic carbocycles. The van der Waals surface area contributed by atoms with Gasteiger partial charge in [0.2, 0.25) is 0 Å². The van der Waals surface area contributed by atoms with E-state index < -0.39 is 29.3 Å². The standard InChI is InChI=1S/C19H8F3N3O2/c1-23-10-4-2-3-8(5-10)16-13-14(19(27)24-16)17(25-18(13)26)9-6-11(20)15(22)12(21)7-9/h2-7H,(H,24,27)(H,25,26). The zero-order valence-corrected chi connectivity index (χ0v) is 13.4. The lowest BCUT2D eigenvalue weighted by molar-refractivity contribution is -0.117. The third kappa shape index (κ3) is 2.48. The maximum Gasteiger partial charge on any atom is 0.258 e. The van der Waals surface area contributed by atoms with Crippen LogP contribution in [0.15, 0.2) is 47.5 Å². The molecule has 27 heavy (non-hydrogen) atoms. The van der Waals surface area contributed by atoms with Crippen molar-refractivity contribution in [2.24, 2.45) is 0 Å². The molecule has 0 spiro atoms. The van der Waals surface area contributed by atoms with E-state index in [0.717, 1.165) is 0 Å². The van der Waals surface area contributed by atoms with E-state index in [-0.39, 0.29) is 28.1 Å². The molecule has 2 amide bonds. The van der Waals surface area contributed by atoms with Crippen LogP contribution in [-0.2, 0) is 9.59 Å². The number of amides is 2. The van der Waals surface area contributed by atoms with Gasteiger partial charge in [0, 0.05) is 5.56 Å². The van der Waals surface area contributed by atoms with Crippen LogP contribution in [0.1, 0.15) is 11.1 Å². The number of carbonyl (C=O) groups is 2. The van der Waals surface area contributed by atoms with Gasteiger partial charge in [-0.3, -0.25) is 9.59 Å². The topological polar surface area (TPSA) is 62.6 Å². The van der Waals surface area contributed by atoms with Crippen LogP contribution in [0, 0.1) is 24.0 Å². The van der Waals surface area contributed by atoms with Gasteiger partial charge in [-0.2, -0.15) is 0 Å². The van der Waals surface area contributed by atoms with Gasteiger partial charge in [-0.15, -0.1) is 0 Å². The first-order chi connectivity index (χ1) is 12.9. The highest BCUT2D eigenvalue weighted by atomic mass is 19.2. The molecule has 0 atom stereocenters. The monoisotopic (exact) mass is 367 g/mol. The first kappa shape index (κ1) is 16.6. The molecule has 0 radical (unpaired) electrons. The van der Waals surface area contributed by atoms with Crippen LogP contribution in [0.25, 0.3) is 16.2 Å². The van der Waals surface area contributed by atoms with Crippen LogP contribution >= 0.6 is 0 Å². The molecule has 0 unspecified atom stereocenters. The molecule has 0 saturated carbocycles. The summed E-state index contributed by atoms with van der Waals surface area (Å²) in [4.78, 5) is 28.2. The van der Waals surface area contributed by atoms with Gasteiger partial charge in [0.15, 0.2) is 23.1 Å². The molecule has 2 aromatic carbocycles. The predicted octanol–water partition coefficient (Wildman–Crippen LogP) is 3.04. The smallest absolute Gasteiger partial charge is 0.258 e. The van der Waals surface area contributed by atoms with Crippen molar-refractivity contribution in [2.75, 3.05) is 0 Å². The fourth-order valence-corrected chi connectivity index (χ4v) is 3.05. The molecule has 2 N–H and O–H groups in total. The summed E-state index contributed by atoms with van der Waals surface area (Å²) >= 11 is 0. The molecule has 0 aromatic heterocycles. The van der Waals surface area contributed by atoms with Gasteiger partial charge in [0.05, 0.1) is 29.1 Å². The maximum atomic E-state index is 13.6. The Bertz CT molecular complexity index is 1140. The van der Waals surface area contributed by atoms with Gasteiger partial charge in [-0.25, -0.2) is 18.0 Å². The zero-order chi connectivity index (χ0) is 19.3. The second kappa shape index (κ2) is 5.85. The van der Waals surface area contributed by atoms with Crippen LogP contribution in [-0.4, -0.2) is 11.8 Å². The van der Waals surface area contributed by atoms with Crippen molar-refractivity contribution in [3.05, 3.63) is 87.5 Å². The Balaban J connectivity index is 1.92. The van der Waals surface area contributed by atoms with Crippen LogP contribution < -0.4 is 10.6 Å². The normalized spacial score (nSPS) is 15.6. The second-order valence-corrected chi connectivity index (χ2v) is 5.82. The fourth-order valence-electron chi connectivity index (χ4n) is 3.05. The number of fused-ring (bicyclic) bond motifs is 1. The zero-order valence-electron chi connectivity index (χ0n) is 13.4. The quantitative estimate of drug-likeness (QED) is 0.633. The summed E-state index contributed by atoms with van der Waals surface area (Å²) in [7, 11) is 0. The van der Waals surface area contributed by atoms with E-state index in [0.29, 0.717) is 23.4 Å². The Morgan fingerprint density at radius 3 is 1.93 bits per heavy atom. The van der Waals surface area contributed by atoms with Crippen molar-refractivity contribution in [3.63, 3.8) is 0 Å². The minimum Gasteiger partial charge on any atom is -0.321 e. The Labute approximate surface area is 150 Å². The van der Waals surface area contributed by atoms with Gasteiger partial charge < -0.3 is 10.6 Å². The molecule has 8 heteroatoms. The van der Waals surface area contributed by atoms with E-state index in [2.05, 4.69) is 15.5 Å². The molecule has 132 valence electrons. The van der Waals surface area contributed by atoms with E-state index in [4.69, 9.17) is 6.57 Å². The number of benzene rings is 2. The first-order valence-electron chi connectivity index (χ1n) is 7.65. The van der Waals surface area contributed by atoms with E-state index in [9.17, 15) is 22.8 Å². The largest absolute Gasteiger partial charge is 0.321 e. The molecule has 2 aromatic rings. The number of halogens is 3. The summed E-state index contributed by atoms with van der Waals surface area (Å²) in [6.45, 7) is 7.07. The van der Waals surface area contributed by atoms with Crippen molar-refractivity contribution in [1.82, 2.24) is 10.6 Å². The summed E-state index contributed by atoms with van der Waals surface area (Å²) < 4.78 is 40.3. The van der Waals surface area contributed by atoms with Gasteiger partial charge in [0.1, 0.15) is 0 Å². The lowest BCUT2D eigenvalue weighted by Crippen LogP contribution is -2.21. The summed E-state index contributed by atoms with van der Waals surface area (Å²) in [5.41, 5.74) is 0.577. The van der Waals surface area contributed by atoms with E-state index >= 15 is 0 Å². The van der Waals surface area contributed by atoms with Crippen LogP contribution in [0.2, 0.25) is 0 Å². The molecule has 0 fully saturated rings. The summed E-state index contributed by atoms with van der Waals surface area (Å²) in [6, 6.07) is 7.69. The molecule has 0 bridgehead atoms. The third-order valence-corrected chi connectivity index (χ3v) is 4.22. The molecule has 5 nitrogen and oxygen atoms in total. The SMILES string of the molecule is [C-]#[N+]c1cccc(C2=C3C(=O)NC(c4cc(F)c(F)c(F)c4)=C3C(=O)N2)c1. The number of carbonyl (C=O) groups excluding carboxylic acids is 2. The summed E-state index contributed by atoms with van der Waals surface area (Å²) in [5.74, 6) is -5.81. The number of nitrogens with one attached hydrogen (secondary N) is 2. The molecular weight excluding hydrogens is 359 g/mol. The van der Waals surface area contributed by atoms with Crippen molar-refractivity contribution < 1.29 is 22.8 Å². The number of hydrogen-bond acceptors (Lipinski definition) is 2. The van der Waals surface area contributed by atoms with Gasteiger partial charge >= 0.3 is 0 Å². The van der Waals surface area contributed by atoms with Crippen LogP contribution in [0.5, 0.6) is 0 Å². The Hall–Kier alpha value is -3.86. The van der Waals surface area contributed by atoms with Crippen LogP contribution in [0.3, 0.4) is 0 Å². The minimum absolute atomic E-state index is 0.00210. The number of hydrogen-bond donors (Lipinski definition) is 2. The van der Waals surface area contributed by atoms with Gasteiger partial charge in [-0.05, 0) is 23.8 Å².